The van der Waals surface area contributed by atoms with E-state index >= 15 is 0 Å². The fourth-order valence-electron chi connectivity index (χ4n) is 5.57. The normalized spacial score (nSPS) is 14.3. The van der Waals surface area contributed by atoms with Crippen molar-refractivity contribution in [1.82, 2.24) is 5.32 Å². The van der Waals surface area contributed by atoms with Crippen LogP contribution in [0.2, 0.25) is 0 Å². The molecule has 0 bridgehead atoms. The number of ether oxygens (including phenoxy) is 4. The van der Waals surface area contributed by atoms with E-state index in [4.69, 9.17) is 24.7 Å². The Morgan fingerprint density at radius 3 is 1.32 bits per heavy atom. The zero-order valence-corrected chi connectivity index (χ0v) is 40.7. The molecule has 0 rings (SSSR count). The fraction of sp³-hybridized carbons (Fsp3) is 0.556. The highest BCUT2D eigenvalue weighted by atomic mass is 19.3. The van der Waals surface area contributed by atoms with Gasteiger partial charge in [-0.05, 0) is 124 Å². The molecule has 1 amide bonds. The van der Waals surface area contributed by atoms with Crippen molar-refractivity contribution in [1.29, 1.82) is 0 Å². The second-order valence-electron chi connectivity index (χ2n) is 16.5. The van der Waals surface area contributed by atoms with Crippen molar-refractivity contribution in [2.45, 2.75) is 174 Å². The molecule has 0 aliphatic heterocycles. The van der Waals surface area contributed by atoms with E-state index in [2.05, 4.69) is 116 Å². The molecule has 0 fully saturated rings. The van der Waals surface area contributed by atoms with E-state index < -0.39 is 67.3 Å². The Balaban J connectivity index is 5.04. The number of nitrogens with two attached hydrogens (primary N) is 1. The topological polar surface area (TPSA) is 143 Å². The Kier molecular flexibility index (Phi) is 38.1. The van der Waals surface area contributed by atoms with Crippen LogP contribution in [-0.4, -0.2) is 67.4 Å². The highest BCUT2D eigenvalue weighted by Gasteiger charge is 2.45. The van der Waals surface area contributed by atoms with Crippen molar-refractivity contribution in [2.24, 2.45) is 5.73 Å². The van der Waals surface area contributed by atoms with E-state index in [1.165, 1.54) is 0 Å². The standard InChI is InChI=1S/C54H82F2N2O8/c1-6-8-10-12-14-16-18-20-22-24-26-28-30-32-34-36-38-41-48(59)63-45-47(46-64-51(61)54(57,50(55)56)43-40-44-58-52(62)66-53(3,4)5)65-49(60)42-39-37-35-33-31-29-27-25-23-21-19-17-15-13-11-9-7-2/h8-11,14-17,20-23,26-29,32-35,47,50H,6-7,12-13,18-19,24-25,30-31,36-46,57H2,1-5H3,(H,58,62)/b10-8-,11-9-,16-14-,17-15-,22-20-,23-21-,28-26-,29-27-,34-32-,35-33-. The molecule has 370 valence electrons. The molecule has 10 nitrogen and oxygen atoms in total. The van der Waals surface area contributed by atoms with Crippen LogP contribution in [0.3, 0.4) is 0 Å². The number of amides is 1. The first-order valence-corrected chi connectivity index (χ1v) is 23.8. The third kappa shape index (κ3) is 38.2. The number of hydrogen-bond acceptors (Lipinski definition) is 9. The quantitative estimate of drug-likeness (QED) is 0.0269. The Bertz CT molecular complexity index is 1620. The molecule has 0 spiro atoms. The molecule has 0 aliphatic carbocycles. The number of carbonyl (C=O) groups excluding carboxylic acids is 4. The van der Waals surface area contributed by atoms with Crippen LogP contribution in [0, 0.1) is 0 Å². The minimum Gasteiger partial charge on any atom is -0.462 e. The number of allylic oxidation sites excluding steroid dienone is 20. The summed E-state index contributed by atoms with van der Waals surface area (Å²) < 4.78 is 49.5. The van der Waals surface area contributed by atoms with Gasteiger partial charge in [-0.3, -0.25) is 9.59 Å². The number of carbonyl (C=O) groups is 4. The predicted molar refractivity (Wildman–Crippen MR) is 265 cm³/mol. The predicted octanol–water partition coefficient (Wildman–Crippen LogP) is 13.1. The lowest BCUT2D eigenvalue weighted by Crippen LogP contribution is -2.56. The highest BCUT2D eigenvalue weighted by Crippen LogP contribution is 2.22. The van der Waals surface area contributed by atoms with Gasteiger partial charge in [-0.1, -0.05) is 135 Å². The van der Waals surface area contributed by atoms with Gasteiger partial charge in [-0.15, -0.1) is 0 Å². The van der Waals surface area contributed by atoms with E-state index in [9.17, 15) is 28.0 Å². The summed E-state index contributed by atoms with van der Waals surface area (Å²) in [6.07, 6.45) is 47.7. The lowest BCUT2D eigenvalue weighted by Gasteiger charge is -2.27. The van der Waals surface area contributed by atoms with Crippen LogP contribution < -0.4 is 11.1 Å². The average molecular weight is 925 g/mol. The Labute approximate surface area is 396 Å². The maximum absolute atomic E-state index is 14.2. The minimum atomic E-state index is -3.30. The van der Waals surface area contributed by atoms with Gasteiger partial charge in [0, 0.05) is 19.4 Å². The second kappa shape index (κ2) is 41.3. The fourth-order valence-corrected chi connectivity index (χ4v) is 5.57. The van der Waals surface area contributed by atoms with Crippen molar-refractivity contribution in [2.75, 3.05) is 19.8 Å². The van der Waals surface area contributed by atoms with E-state index in [1.54, 1.807) is 20.8 Å². The summed E-state index contributed by atoms with van der Waals surface area (Å²) in [6, 6.07) is 0. The molecule has 0 radical (unpaired) electrons. The van der Waals surface area contributed by atoms with Crippen LogP contribution >= 0.6 is 0 Å². The summed E-state index contributed by atoms with van der Waals surface area (Å²) in [5.74, 6) is -2.59. The van der Waals surface area contributed by atoms with Gasteiger partial charge < -0.3 is 30.0 Å². The smallest absolute Gasteiger partial charge is 0.407 e. The maximum atomic E-state index is 14.2. The van der Waals surface area contributed by atoms with E-state index in [0.717, 1.165) is 64.2 Å². The summed E-state index contributed by atoms with van der Waals surface area (Å²) in [5, 5.41) is 2.44. The largest absolute Gasteiger partial charge is 0.462 e. The molecule has 12 heteroatoms. The van der Waals surface area contributed by atoms with Crippen molar-refractivity contribution in [3.63, 3.8) is 0 Å². The number of nitrogens with one attached hydrogen (secondary N) is 1. The van der Waals surface area contributed by atoms with Gasteiger partial charge in [0.25, 0.3) is 6.43 Å². The molecule has 0 aromatic rings. The molecule has 2 unspecified atom stereocenters. The second-order valence-corrected chi connectivity index (χ2v) is 16.5. The molecule has 2 atom stereocenters. The summed E-state index contributed by atoms with van der Waals surface area (Å²) in [6.45, 7) is 8.09. The van der Waals surface area contributed by atoms with Crippen LogP contribution in [0.5, 0.6) is 0 Å². The highest BCUT2D eigenvalue weighted by molar-refractivity contribution is 5.81. The maximum Gasteiger partial charge on any atom is 0.407 e. The Hall–Kier alpha value is -5.10. The third-order valence-corrected chi connectivity index (χ3v) is 9.15. The number of esters is 3. The van der Waals surface area contributed by atoms with Gasteiger partial charge >= 0.3 is 24.0 Å². The van der Waals surface area contributed by atoms with Crippen molar-refractivity contribution >= 4 is 24.0 Å². The number of unbranched alkanes of at least 4 members (excludes halogenated alkanes) is 2. The first kappa shape index (κ1) is 60.9. The van der Waals surface area contributed by atoms with Crippen molar-refractivity contribution < 1.29 is 46.9 Å². The molecule has 0 aliphatic rings. The Morgan fingerprint density at radius 2 is 0.924 bits per heavy atom. The van der Waals surface area contributed by atoms with Crippen LogP contribution in [0.25, 0.3) is 0 Å². The van der Waals surface area contributed by atoms with Crippen LogP contribution in [0.15, 0.2) is 122 Å². The van der Waals surface area contributed by atoms with E-state index in [0.29, 0.717) is 25.7 Å². The molecule has 0 aromatic heterocycles. The molecule has 66 heavy (non-hydrogen) atoms. The number of rotatable bonds is 37. The van der Waals surface area contributed by atoms with Crippen LogP contribution in [0.1, 0.15) is 150 Å². The van der Waals surface area contributed by atoms with Crippen LogP contribution in [0.4, 0.5) is 13.6 Å². The van der Waals surface area contributed by atoms with Gasteiger partial charge in [0.2, 0.25) is 0 Å². The molecule has 0 saturated heterocycles. The SMILES string of the molecule is CC/C=C\C/C=C\C/C=C\C/C=C\C/C=C\CCCC(=O)OCC(COC(=O)C(N)(CCCNC(=O)OC(C)(C)C)C(F)F)OC(=O)CCC/C=C\C/C=C\C/C=C\C/C=C\C/C=C\CC. The first-order chi connectivity index (χ1) is 31.7. The Morgan fingerprint density at radius 1 is 0.545 bits per heavy atom. The van der Waals surface area contributed by atoms with Gasteiger partial charge in [0.15, 0.2) is 11.6 Å². The van der Waals surface area contributed by atoms with E-state index in [-0.39, 0.29) is 25.8 Å². The monoisotopic (exact) mass is 925 g/mol. The lowest BCUT2D eigenvalue weighted by molar-refractivity contribution is -0.171. The lowest BCUT2D eigenvalue weighted by atomic mass is 9.95. The summed E-state index contributed by atoms with van der Waals surface area (Å²) in [4.78, 5) is 50.3. The van der Waals surface area contributed by atoms with Crippen molar-refractivity contribution in [3.05, 3.63) is 122 Å². The van der Waals surface area contributed by atoms with Gasteiger partial charge in [-0.2, -0.15) is 0 Å². The number of alkyl carbamates (subject to hydrolysis) is 1. The van der Waals surface area contributed by atoms with Crippen molar-refractivity contribution in [3.8, 4) is 0 Å². The molecular formula is C54H82F2N2O8. The number of alkyl halides is 2. The minimum absolute atomic E-state index is 0.0302. The van der Waals surface area contributed by atoms with Gasteiger partial charge in [0.1, 0.15) is 18.8 Å². The van der Waals surface area contributed by atoms with E-state index in [1.807, 2.05) is 24.3 Å². The van der Waals surface area contributed by atoms with Gasteiger partial charge in [-0.25, -0.2) is 18.4 Å². The molecule has 0 aromatic carbocycles. The summed E-state index contributed by atoms with van der Waals surface area (Å²) in [7, 11) is 0. The number of hydrogen-bond donors (Lipinski definition) is 2. The first-order valence-electron chi connectivity index (χ1n) is 23.8. The molecule has 3 N–H and O–H groups in total. The zero-order valence-electron chi connectivity index (χ0n) is 40.7. The molecule has 0 heterocycles. The van der Waals surface area contributed by atoms with Gasteiger partial charge in [0.05, 0.1) is 0 Å². The summed E-state index contributed by atoms with van der Waals surface area (Å²) >= 11 is 0. The average Bonchev–Trinajstić information content (AvgIpc) is 3.27. The molecule has 0 saturated carbocycles. The zero-order chi connectivity index (χ0) is 49.0. The number of halogens is 2. The van der Waals surface area contributed by atoms with Crippen LogP contribution in [-0.2, 0) is 33.3 Å². The molecular weight excluding hydrogens is 843 g/mol. The summed E-state index contributed by atoms with van der Waals surface area (Å²) in [5.41, 5.74) is 2.39. The third-order valence-electron chi connectivity index (χ3n) is 9.15.